The molecule has 2 aliphatic rings. The summed E-state index contributed by atoms with van der Waals surface area (Å²) in [5, 5.41) is 4.29. The largest absolute Gasteiger partial charge is 0.314 e. The molecular formula is C20H26ClN3O2S. The Balaban J connectivity index is 0.00000210. The number of rotatable bonds is 4. The van der Waals surface area contributed by atoms with E-state index in [-0.39, 0.29) is 12.4 Å². The molecule has 1 aromatic heterocycles. The first-order valence-corrected chi connectivity index (χ1v) is 10.6. The van der Waals surface area contributed by atoms with Gasteiger partial charge in [0.1, 0.15) is 4.75 Å². The van der Waals surface area contributed by atoms with Crippen LogP contribution in [0.5, 0.6) is 0 Å². The molecule has 1 aliphatic heterocycles. The van der Waals surface area contributed by atoms with Crippen molar-refractivity contribution in [1.82, 2.24) is 14.2 Å². The van der Waals surface area contributed by atoms with Crippen LogP contribution in [0, 0.1) is 0 Å². The Labute approximate surface area is 167 Å². The van der Waals surface area contributed by atoms with Crippen LogP contribution in [0.1, 0.15) is 13.3 Å². The minimum Gasteiger partial charge on any atom is -0.314 e. The fourth-order valence-corrected chi connectivity index (χ4v) is 5.60. The van der Waals surface area contributed by atoms with E-state index >= 15 is 0 Å². The molecule has 0 saturated carbocycles. The van der Waals surface area contributed by atoms with E-state index in [0.717, 1.165) is 43.6 Å². The lowest BCUT2D eigenvalue weighted by molar-refractivity contribution is 0.256. The summed E-state index contributed by atoms with van der Waals surface area (Å²) in [7, 11) is -3.56. The molecule has 2 aromatic rings. The Hall–Kier alpha value is -1.60. The number of hydrogen-bond acceptors (Lipinski definition) is 4. The highest BCUT2D eigenvalue weighted by atomic mass is 35.5. The maximum absolute atomic E-state index is 13.5. The summed E-state index contributed by atoms with van der Waals surface area (Å²) in [5.41, 5.74) is 1.91. The monoisotopic (exact) mass is 407 g/mol. The summed E-state index contributed by atoms with van der Waals surface area (Å²) in [6.07, 6.45) is 8.02. The van der Waals surface area contributed by atoms with E-state index < -0.39 is 14.8 Å². The van der Waals surface area contributed by atoms with Gasteiger partial charge in [-0.05, 0) is 25.5 Å². The van der Waals surface area contributed by atoms with Crippen LogP contribution in [0.3, 0.4) is 0 Å². The predicted molar refractivity (Wildman–Crippen MR) is 113 cm³/mol. The fraction of sp³-hybridized carbons (Fsp3) is 0.400. The summed E-state index contributed by atoms with van der Waals surface area (Å²) >= 11 is 0. The van der Waals surface area contributed by atoms with Crippen LogP contribution in [0.15, 0.2) is 60.3 Å². The molecule has 1 N–H and O–H groups in total. The molecular weight excluding hydrogens is 382 g/mol. The number of allylic oxidation sites excluding steroid dienone is 2. The standard InChI is InChI=1S/C20H25N3O2S.ClH/c1-20(9-4-5-17(15-20)16-22-13-10-21-11-14-22)26(24,25)23-12-8-18-6-2-3-7-19(18)23;/h2-9,12,21H,10-11,13-16H2,1H3;1H. The van der Waals surface area contributed by atoms with Gasteiger partial charge in [0.15, 0.2) is 0 Å². The van der Waals surface area contributed by atoms with Crippen LogP contribution in [0.4, 0.5) is 0 Å². The quantitative estimate of drug-likeness (QED) is 0.846. The van der Waals surface area contributed by atoms with Crippen molar-refractivity contribution in [3.8, 4) is 0 Å². The minimum atomic E-state index is -3.56. The Morgan fingerprint density at radius 2 is 1.89 bits per heavy atom. The Morgan fingerprint density at radius 1 is 1.15 bits per heavy atom. The second kappa shape index (κ2) is 7.80. The van der Waals surface area contributed by atoms with E-state index in [0.29, 0.717) is 6.42 Å². The lowest BCUT2D eigenvalue weighted by atomic mass is 9.94. The van der Waals surface area contributed by atoms with Gasteiger partial charge in [0.25, 0.3) is 0 Å². The van der Waals surface area contributed by atoms with Crippen LogP contribution >= 0.6 is 12.4 Å². The second-order valence-corrected chi connectivity index (χ2v) is 9.65. The number of hydrogen-bond donors (Lipinski definition) is 1. The maximum Gasteiger partial charge on any atom is 0.248 e. The van der Waals surface area contributed by atoms with E-state index in [1.54, 1.807) is 6.20 Å². The van der Waals surface area contributed by atoms with E-state index in [2.05, 4.69) is 16.3 Å². The summed E-state index contributed by atoms with van der Waals surface area (Å²) in [5.74, 6) is 0. The molecule has 0 spiro atoms. The molecule has 1 saturated heterocycles. The van der Waals surface area contributed by atoms with E-state index in [1.807, 2.05) is 49.4 Å². The molecule has 27 heavy (non-hydrogen) atoms. The first kappa shape index (κ1) is 20.1. The van der Waals surface area contributed by atoms with Crippen molar-refractivity contribution in [1.29, 1.82) is 0 Å². The van der Waals surface area contributed by atoms with Crippen LogP contribution in [0.25, 0.3) is 10.9 Å². The highest BCUT2D eigenvalue weighted by Crippen LogP contribution is 2.34. The molecule has 1 atom stereocenters. The molecule has 0 bridgehead atoms. The molecule has 0 radical (unpaired) electrons. The normalized spacial score (nSPS) is 23.8. The Morgan fingerprint density at radius 3 is 2.67 bits per heavy atom. The molecule has 4 rings (SSSR count). The van der Waals surface area contributed by atoms with Crippen molar-refractivity contribution in [2.45, 2.75) is 18.1 Å². The molecule has 1 fully saturated rings. The Kier molecular flexibility index (Phi) is 5.82. The van der Waals surface area contributed by atoms with Crippen LogP contribution in [0.2, 0.25) is 0 Å². The number of para-hydroxylation sites is 1. The lowest BCUT2D eigenvalue weighted by Crippen LogP contribution is -2.45. The van der Waals surface area contributed by atoms with Crippen molar-refractivity contribution in [2.24, 2.45) is 0 Å². The lowest BCUT2D eigenvalue weighted by Gasteiger charge is -2.33. The van der Waals surface area contributed by atoms with Crippen molar-refractivity contribution in [3.05, 3.63) is 60.3 Å². The molecule has 5 nitrogen and oxygen atoms in total. The number of nitrogens with zero attached hydrogens (tertiary/aromatic N) is 2. The van der Waals surface area contributed by atoms with Gasteiger partial charge in [-0.3, -0.25) is 4.90 Å². The zero-order valence-corrected chi connectivity index (χ0v) is 17.1. The molecule has 1 aromatic carbocycles. The van der Waals surface area contributed by atoms with Gasteiger partial charge in [0.2, 0.25) is 10.0 Å². The van der Waals surface area contributed by atoms with Crippen molar-refractivity contribution in [3.63, 3.8) is 0 Å². The molecule has 2 heterocycles. The van der Waals surface area contributed by atoms with Gasteiger partial charge in [-0.2, -0.15) is 0 Å². The highest BCUT2D eigenvalue weighted by Gasteiger charge is 2.40. The van der Waals surface area contributed by atoms with Crippen molar-refractivity contribution < 1.29 is 8.42 Å². The molecule has 7 heteroatoms. The van der Waals surface area contributed by atoms with Gasteiger partial charge in [-0.15, -0.1) is 12.4 Å². The molecule has 1 aliphatic carbocycles. The number of nitrogens with one attached hydrogen (secondary N) is 1. The minimum absolute atomic E-state index is 0. The Bertz CT molecular complexity index is 974. The highest BCUT2D eigenvalue weighted by molar-refractivity contribution is 7.91. The number of piperazine rings is 1. The second-order valence-electron chi connectivity index (χ2n) is 7.38. The van der Waals surface area contributed by atoms with Gasteiger partial charge in [-0.25, -0.2) is 12.4 Å². The van der Waals surface area contributed by atoms with Crippen molar-refractivity contribution >= 4 is 33.3 Å². The average molecular weight is 408 g/mol. The average Bonchev–Trinajstić information content (AvgIpc) is 3.07. The topological polar surface area (TPSA) is 54.3 Å². The molecule has 1 unspecified atom stereocenters. The summed E-state index contributed by atoms with van der Waals surface area (Å²) < 4.78 is 27.5. The van der Waals surface area contributed by atoms with Gasteiger partial charge in [-0.1, -0.05) is 42.0 Å². The van der Waals surface area contributed by atoms with Crippen LogP contribution in [-0.2, 0) is 10.0 Å². The first-order chi connectivity index (χ1) is 12.5. The number of halogens is 1. The third-order valence-corrected chi connectivity index (χ3v) is 7.70. The number of fused-ring (bicyclic) bond motifs is 1. The smallest absolute Gasteiger partial charge is 0.248 e. The third kappa shape index (κ3) is 3.72. The fourth-order valence-electron chi connectivity index (χ4n) is 3.89. The van der Waals surface area contributed by atoms with Crippen LogP contribution in [-0.4, -0.2) is 54.8 Å². The van der Waals surface area contributed by atoms with E-state index in [1.165, 1.54) is 9.55 Å². The summed E-state index contributed by atoms with van der Waals surface area (Å²) in [6, 6.07) is 9.47. The van der Waals surface area contributed by atoms with Gasteiger partial charge < -0.3 is 5.32 Å². The van der Waals surface area contributed by atoms with Gasteiger partial charge in [0.05, 0.1) is 5.52 Å². The summed E-state index contributed by atoms with van der Waals surface area (Å²) in [4.78, 5) is 2.39. The third-order valence-electron chi connectivity index (χ3n) is 5.41. The van der Waals surface area contributed by atoms with Crippen molar-refractivity contribution in [2.75, 3.05) is 32.7 Å². The van der Waals surface area contributed by atoms with Gasteiger partial charge in [0, 0.05) is 44.3 Å². The SMILES string of the molecule is CC1(S(=O)(=O)n2ccc3ccccc32)C=CC=C(CN2CCNCC2)C1.Cl. The number of aromatic nitrogens is 1. The van der Waals surface area contributed by atoms with Gasteiger partial charge >= 0.3 is 0 Å². The first-order valence-electron chi connectivity index (χ1n) is 9.11. The predicted octanol–water partition coefficient (Wildman–Crippen LogP) is 2.79. The van der Waals surface area contributed by atoms with E-state index in [4.69, 9.17) is 0 Å². The zero-order chi connectivity index (χ0) is 18.2. The van der Waals surface area contributed by atoms with E-state index in [9.17, 15) is 8.42 Å². The molecule has 0 amide bonds. The number of benzene rings is 1. The maximum atomic E-state index is 13.5. The summed E-state index contributed by atoms with van der Waals surface area (Å²) in [6.45, 7) is 6.67. The zero-order valence-electron chi connectivity index (χ0n) is 15.5. The molecule has 146 valence electrons. The van der Waals surface area contributed by atoms with Crippen LogP contribution < -0.4 is 5.32 Å².